The zero-order valence-corrected chi connectivity index (χ0v) is 13.6. The zero-order valence-electron chi connectivity index (χ0n) is 12.0. The van der Waals surface area contributed by atoms with E-state index >= 15 is 0 Å². The molecule has 1 aromatic heterocycles. The largest absolute Gasteiger partial charge is 0.493 e. The Morgan fingerprint density at radius 3 is 2.57 bits per heavy atom. The zero-order chi connectivity index (χ0) is 16.4. The summed E-state index contributed by atoms with van der Waals surface area (Å²) in [5.74, 6) is -0.0564. The van der Waals surface area contributed by atoms with Gasteiger partial charge in [0.15, 0.2) is 5.69 Å². The Hall–Kier alpha value is -2.67. The number of carbonyl (C=O) groups excluding carboxylic acids is 1. The lowest BCUT2D eigenvalue weighted by atomic mass is 10.2. The van der Waals surface area contributed by atoms with Crippen LogP contribution in [0.5, 0.6) is 5.88 Å². The lowest BCUT2D eigenvalue weighted by molar-refractivity contribution is 0.255. The number of urea groups is 1. The van der Waals surface area contributed by atoms with E-state index in [-0.39, 0.29) is 11.6 Å². The first-order valence-corrected chi connectivity index (χ1v) is 7.61. The van der Waals surface area contributed by atoms with Gasteiger partial charge in [-0.25, -0.2) is 4.79 Å². The van der Waals surface area contributed by atoms with Crippen molar-refractivity contribution in [2.75, 3.05) is 0 Å². The second kappa shape index (κ2) is 6.21. The highest BCUT2D eigenvalue weighted by molar-refractivity contribution is 9.10. The van der Waals surface area contributed by atoms with Gasteiger partial charge in [-0.05, 0) is 23.8 Å². The first-order valence-electron chi connectivity index (χ1n) is 6.82. The number of nitrogens with two attached hydrogens (primary N) is 1. The van der Waals surface area contributed by atoms with Gasteiger partial charge < -0.3 is 15.4 Å². The van der Waals surface area contributed by atoms with E-state index in [0.717, 1.165) is 15.6 Å². The number of carbonyl (C=O) groups is 1. The molecule has 1 heterocycles. The molecule has 0 radical (unpaired) electrons. The van der Waals surface area contributed by atoms with E-state index in [2.05, 4.69) is 26.2 Å². The van der Waals surface area contributed by atoms with Crippen molar-refractivity contribution in [3.8, 4) is 5.88 Å². The monoisotopic (exact) mass is 372 g/mol. The predicted molar refractivity (Wildman–Crippen MR) is 90.9 cm³/mol. The van der Waals surface area contributed by atoms with Crippen molar-refractivity contribution in [3.05, 3.63) is 58.6 Å². The molecular weight excluding hydrogens is 360 g/mol. The maximum Gasteiger partial charge on any atom is 0.356 e. The van der Waals surface area contributed by atoms with Crippen LogP contribution in [0, 0.1) is 0 Å². The topological polar surface area (TPSA) is 93.0 Å². The van der Waals surface area contributed by atoms with E-state index in [1.165, 1.54) is 0 Å². The van der Waals surface area contributed by atoms with Gasteiger partial charge in [0.25, 0.3) is 0 Å². The Balaban J connectivity index is 2.11. The van der Waals surface area contributed by atoms with E-state index < -0.39 is 6.03 Å². The molecule has 6 nitrogen and oxygen atoms in total. The van der Waals surface area contributed by atoms with E-state index in [1.807, 2.05) is 48.5 Å². The number of benzene rings is 2. The third-order valence-corrected chi connectivity index (χ3v) is 3.95. The first-order chi connectivity index (χ1) is 11.1. The van der Waals surface area contributed by atoms with Crippen LogP contribution in [0.3, 0.4) is 0 Å². The first kappa shape index (κ1) is 15.2. The number of rotatable bonds is 3. The maximum absolute atomic E-state index is 10.8. The molecular formula is C16H13BrN4O2. The van der Waals surface area contributed by atoms with Crippen LogP contribution in [0.4, 0.5) is 10.5 Å². The van der Waals surface area contributed by atoms with Gasteiger partial charge >= 0.3 is 6.03 Å². The van der Waals surface area contributed by atoms with Crippen LogP contribution in [0.1, 0.15) is 5.56 Å². The molecule has 3 N–H and O–H groups in total. The van der Waals surface area contributed by atoms with Gasteiger partial charge in [0.05, 0.1) is 12.1 Å². The molecule has 0 atom stereocenters. The molecule has 2 amide bonds. The van der Waals surface area contributed by atoms with Crippen molar-refractivity contribution in [2.24, 2.45) is 16.0 Å². The van der Waals surface area contributed by atoms with Gasteiger partial charge in [-0.1, -0.05) is 51.4 Å². The summed E-state index contributed by atoms with van der Waals surface area (Å²) >= 11 is 3.40. The molecule has 7 heteroatoms. The summed E-state index contributed by atoms with van der Waals surface area (Å²) < 4.78 is 2.70. The van der Waals surface area contributed by atoms with Gasteiger partial charge in [-0.3, -0.25) is 0 Å². The van der Waals surface area contributed by atoms with Crippen molar-refractivity contribution in [1.29, 1.82) is 0 Å². The van der Waals surface area contributed by atoms with Crippen LogP contribution in [-0.2, 0) is 6.54 Å². The fourth-order valence-corrected chi connectivity index (χ4v) is 2.67. The number of aromatic nitrogens is 1. The summed E-state index contributed by atoms with van der Waals surface area (Å²) in [4.78, 5) is 10.8. The smallest absolute Gasteiger partial charge is 0.356 e. The number of nitrogens with zero attached hydrogens (tertiary/aromatic N) is 3. The molecule has 0 bridgehead atoms. The Morgan fingerprint density at radius 1 is 1.17 bits per heavy atom. The number of hydrogen-bond donors (Lipinski definition) is 2. The number of primary amides is 1. The van der Waals surface area contributed by atoms with E-state index in [4.69, 9.17) is 5.73 Å². The summed E-state index contributed by atoms with van der Waals surface area (Å²) in [6.45, 7) is 0.464. The molecule has 23 heavy (non-hydrogen) atoms. The molecule has 2 aromatic carbocycles. The second-order valence-corrected chi connectivity index (χ2v) is 5.86. The lowest BCUT2D eigenvalue weighted by Crippen LogP contribution is -2.01. The van der Waals surface area contributed by atoms with Gasteiger partial charge in [0.2, 0.25) is 5.88 Å². The highest BCUT2D eigenvalue weighted by Crippen LogP contribution is 2.39. The molecule has 0 unspecified atom stereocenters. The Bertz CT molecular complexity index is 900. The Morgan fingerprint density at radius 2 is 1.87 bits per heavy atom. The third-order valence-electron chi connectivity index (χ3n) is 3.42. The van der Waals surface area contributed by atoms with Crippen LogP contribution >= 0.6 is 15.9 Å². The third kappa shape index (κ3) is 3.09. The van der Waals surface area contributed by atoms with Gasteiger partial charge in [-0.15, -0.1) is 5.11 Å². The molecule has 116 valence electrons. The fraction of sp³-hybridized carbons (Fsp3) is 0.0625. The number of azo groups is 1. The number of para-hydroxylation sites is 1. The second-order valence-electron chi connectivity index (χ2n) is 4.94. The Labute approximate surface area is 140 Å². The van der Waals surface area contributed by atoms with Crippen molar-refractivity contribution >= 4 is 38.6 Å². The molecule has 0 aliphatic rings. The summed E-state index contributed by atoms with van der Waals surface area (Å²) in [6, 6.07) is 14.3. The predicted octanol–water partition coefficient (Wildman–Crippen LogP) is 4.32. The summed E-state index contributed by atoms with van der Waals surface area (Å²) in [7, 11) is 0. The van der Waals surface area contributed by atoms with Gasteiger partial charge in [0, 0.05) is 9.86 Å². The average molecular weight is 373 g/mol. The van der Waals surface area contributed by atoms with Crippen molar-refractivity contribution in [2.45, 2.75) is 6.54 Å². The summed E-state index contributed by atoms with van der Waals surface area (Å²) in [6.07, 6.45) is 0. The van der Waals surface area contributed by atoms with Crippen LogP contribution in [0.15, 0.2) is 63.2 Å². The molecule has 0 fully saturated rings. The fourth-order valence-electron chi connectivity index (χ4n) is 2.40. The lowest BCUT2D eigenvalue weighted by Gasteiger charge is -2.07. The maximum atomic E-state index is 10.8. The van der Waals surface area contributed by atoms with Crippen molar-refractivity contribution < 1.29 is 9.90 Å². The van der Waals surface area contributed by atoms with Crippen molar-refractivity contribution in [3.63, 3.8) is 0 Å². The van der Waals surface area contributed by atoms with Crippen LogP contribution < -0.4 is 5.73 Å². The normalized spacial score (nSPS) is 11.3. The molecule has 3 aromatic rings. The minimum atomic E-state index is -0.908. The summed E-state index contributed by atoms with van der Waals surface area (Å²) in [5, 5.41) is 18.3. The number of fused-ring (bicyclic) bond motifs is 1. The van der Waals surface area contributed by atoms with Gasteiger partial charge in [-0.2, -0.15) is 0 Å². The van der Waals surface area contributed by atoms with E-state index in [0.29, 0.717) is 11.9 Å². The standard InChI is InChI=1S/C16H13BrN4O2/c17-11-7-5-10(6-8-11)9-21-13-4-2-1-3-12(13)14(15(21)22)19-20-16(18)23/h1-8,22H,9H2,(H2,18,23). The van der Waals surface area contributed by atoms with Crippen LogP contribution in [0.2, 0.25) is 0 Å². The van der Waals surface area contributed by atoms with E-state index in [1.54, 1.807) is 4.57 Å². The van der Waals surface area contributed by atoms with Crippen molar-refractivity contribution in [1.82, 2.24) is 4.57 Å². The van der Waals surface area contributed by atoms with Crippen LogP contribution in [-0.4, -0.2) is 15.7 Å². The van der Waals surface area contributed by atoms with E-state index in [9.17, 15) is 9.90 Å². The molecule has 3 rings (SSSR count). The minimum absolute atomic E-state index is 0.0564. The average Bonchev–Trinajstić information content (AvgIpc) is 2.80. The molecule has 0 saturated heterocycles. The summed E-state index contributed by atoms with van der Waals surface area (Å²) in [5.41, 5.74) is 7.03. The number of halogens is 1. The number of hydrogen-bond acceptors (Lipinski definition) is 3. The Kier molecular flexibility index (Phi) is 4.12. The van der Waals surface area contributed by atoms with Crippen LogP contribution in [0.25, 0.3) is 10.9 Å². The molecule has 0 aliphatic heterocycles. The number of amides is 2. The SMILES string of the molecule is NC(=O)N=Nc1c(O)n(Cc2ccc(Br)cc2)c2ccccc12. The molecule has 0 saturated carbocycles. The quantitative estimate of drug-likeness (QED) is 0.669. The van der Waals surface area contributed by atoms with Gasteiger partial charge in [0.1, 0.15) is 0 Å². The minimum Gasteiger partial charge on any atom is -0.493 e. The molecule has 0 aliphatic carbocycles. The highest BCUT2D eigenvalue weighted by atomic mass is 79.9. The highest BCUT2D eigenvalue weighted by Gasteiger charge is 2.16. The number of aromatic hydroxyl groups is 1. The molecule has 0 spiro atoms.